The average molecular weight is 332 g/mol. The number of guanidine groups is 1. The molecule has 2 N–H and O–H groups in total. The lowest BCUT2D eigenvalue weighted by atomic mass is 9.91. The van der Waals surface area contributed by atoms with Crippen LogP contribution >= 0.6 is 0 Å². The Balaban J connectivity index is 1.81. The number of hydrogen-bond donors (Lipinski definition) is 2. The quantitative estimate of drug-likeness (QED) is 0.506. The van der Waals surface area contributed by atoms with Crippen LogP contribution < -0.4 is 10.2 Å². The molecule has 0 atom stereocenters. The van der Waals surface area contributed by atoms with Crippen LogP contribution in [0.2, 0.25) is 0 Å². The molecule has 0 spiro atoms. The third-order valence-corrected chi connectivity index (χ3v) is 4.40. The van der Waals surface area contributed by atoms with Gasteiger partial charge in [-0.2, -0.15) is 0 Å². The fourth-order valence-electron chi connectivity index (χ4n) is 3.04. The molecule has 5 nitrogen and oxygen atoms in total. The molecular weight excluding hydrogens is 300 g/mol. The number of benzene rings is 1. The first-order chi connectivity index (χ1) is 11.4. The molecule has 5 heteroatoms. The van der Waals surface area contributed by atoms with Gasteiger partial charge in [-0.3, -0.25) is 4.99 Å². The number of hydrogen-bond acceptors (Lipinski definition) is 3. The highest BCUT2D eigenvalue weighted by Crippen LogP contribution is 2.27. The molecule has 0 amide bonds. The number of aliphatic imine (C=N–C) groups is 1. The first kappa shape index (κ1) is 18.4. The van der Waals surface area contributed by atoms with Gasteiger partial charge in [-0.15, -0.1) is 0 Å². The Morgan fingerprint density at radius 2 is 1.83 bits per heavy atom. The van der Waals surface area contributed by atoms with E-state index in [-0.39, 0.29) is 0 Å². The summed E-state index contributed by atoms with van der Waals surface area (Å²) in [7, 11) is 1.85. The molecule has 1 heterocycles. The number of piperazine rings is 1. The lowest BCUT2D eigenvalue weighted by Crippen LogP contribution is -2.52. The van der Waals surface area contributed by atoms with Crippen molar-refractivity contribution in [1.82, 2.24) is 10.2 Å². The minimum Gasteiger partial charge on any atom is -0.506 e. The molecule has 1 aliphatic rings. The van der Waals surface area contributed by atoms with Gasteiger partial charge in [0.25, 0.3) is 0 Å². The number of aromatic hydroxyl groups is 1. The van der Waals surface area contributed by atoms with E-state index in [0.717, 1.165) is 50.8 Å². The summed E-state index contributed by atoms with van der Waals surface area (Å²) in [5.41, 5.74) is 1.30. The number of rotatable bonds is 4. The Hall–Kier alpha value is -1.91. The molecule has 2 rings (SSSR count). The largest absolute Gasteiger partial charge is 0.506 e. The predicted molar refractivity (Wildman–Crippen MR) is 102 cm³/mol. The maximum absolute atomic E-state index is 10.0. The van der Waals surface area contributed by atoms with Gasteiger partial charge in [0.1, 0.15) is 5.75 Å². The Labute approximate surface area is 146 Å². The molecule has 134 valence electrons. The first-order valence-corrected chi connectivity index (χ1v) is 8.89. The van der Waals surface area contributed by atoms with Gasteiger partial charge in [-0.25, -0.2) is 0 Å². The predicted octanol–water partition coefficient (Wildman–Crippen LogP) is 2.92. The average Bonchev–Trinajstić information content (AvgIpc) is 2.55. The number of para-hydroxylation sites is 2. The normalized spacial score (nSPS) is 16.4. The third kappa shape index (κ3) is 5.32. The number of phenols is 1. The summed E-state index contributed by atoms with van der Waals surface area (Å²) in [6, 6.07) is 7.55. The molecule has 0 aromatic heterocycles. The van der Waals surface area contributed by atoms with Crippen LogP contribution in [0.15, 0.2) is 29.3 Å². The standard InChI is InChI=1S/C19H32N4O/c1-19(2,3)10-7-11-21-18(20-4)23-14-12-22(13-15-23)16-8-5-6-9-17(16)24/h5-6,8-9,24H,7,10-15H2,1-4H3,(H,20,21). The molecule has 0 saturated carbocycles. The monoisotopic (exact) mass is 332 g/mol. The highest BCUT2D eigenvalue weighted by Gasteiger charge is 2.21. The lowest BCUT2D eigenvalue weighted by molar-refractivity contribution is 0.353. The van der Waals surface area contributed by atoms with Crippen molar-refractivity contribution in [3.05, 3.63) is 24.3 Å². The van der Waals surface area contributed by atoms with Crippen molar-refractivity contribution >= 4 is 11.6 Å². The molecule has 1 fully saturated rings. The Bertz CT molecular complexity index is 543. The van der Waals surface area contributed by atoms with Gasteiger partial charge in [0.05, 0.1) is 5.69 Å². The van der Waals surface area contributed by atoms with Crippen molar-refractivity contribution in [1.29, 1.82) is 0 Å². The molecule has 0 radical (unpaired) electrons. The van der Waals surface area contributed by atoms with Gasteiger partial charge in [-0.1, -0.05) is 32.9 Å². The Morgan fingerprint density at radius 3 is 2.42 bits per heavy atom. The highest BCUT2D eigenvalue weighted by molar-refractivity contribution is 5.80. The first-order valence-electron chi connectivity index (χ1n) is 8.89. The Kier molecular flexibility index (Phi) is 6.35. The highest BCUT2D eigenvalue weighted by atomic mass is 16.3. The minimum absolute atomic E-state index is 0.357. The minimum atomic E-state index is 0.357. The van der Waals surface area contributed by atoms with Gasteiger partial charge >= 0.3 is 0 Å². The van der Waals surface area contributed by atoms with Crippen LogP contribution in [-0.4, -0.2) is 55.7 Å². The molecule has 24 heavy (non-hydrogen) atoms. The zero-order chi connectivity index (χ0) is 17.6. The molecule has 1 aromatic rings. The van der Waals surface area contributed by atoms with Gasteiger partial charge in [-0.05, 0) is 30.4 Å². The maximum Gasteiger partial charge on any atom is 0.193 e. The van der Waals surface area contributed by atoms with Crippen LogP contribution in [0.1, 0.15) is 33.6 Å². The zero-order valence-electron chi connectivity index (χ0n) is 15.5. The summed E-state index contributed by atoms with van der Waals surface area (Å²) >= 11 is 0. The van der Waals surface area contributed by atoms with E-state index in [9.17, 15) is 5.11 Å². The van der Waals surface area contributed by atoms with E-state index >= 15 is 0 Å². The van der Waals surface area contributed by atoms with Crippen molar-refractivity contribution in [3.63, 3.8) is 0 Å². The summed E-state index contributed by atoms with van der Waals surface area (Å²) < 4.78 is 0. The molecule has 0 unspecified atom stereocenters. The second-order valence-corrected chi connectivity index (χ2v) is 7.60. The van der Waals surface area contributed by atoms with Crippen LogP contribution in [0.25, 0.3) is 0 Å². The molecule has 1 saturated heterocycles. The van der Waals surface area contributed by atoms with Crippen molar-refractivity contribution in [2.75, 3.05) is 44.7 Å². The van der Waals surface area contributed by atoms with Crippen LogP contribution in [0, 0.1) is 5.41 Å². The zero-order valence-corrected chi connectivity index (χ0v) is 15.5. The van der Waals surface area contributed by atoms with Gasteiger partial charge in [0.15, 0.2) is 5.96 Å². The topological polar surface area (TPSA) is 51.1 Å². The van der Waals surface area contributed by atoms with Gasteiger partial charge < -0.3 is 20.2 Å². The second-order valence-electron chi connectivity index (χ2n) is 7.60. The number of anilines is 1. The van der Waals surface area contributed by atoms with E-state index in [4.69, 9.17) is 0 Å². The SMILES string of the molecule is CN=C(NCCCC(C)(C)C)N1CCN(c2ccccc2O)CC1. The van der Waals surface area contributed by atoms with E-state index < -0.39 is 0 Å². The van der Waals surface area contributed by atoms with E-state index in [1.807, 2.05) is 25.2 Å². The van der Waals surface area contributed by atoms with E-state index in [0.29, 0.717) is 11.2 Å². The fourth-order valence-corrected chi connectivity index (χ4v) is 3.04. The van der Waals surface area contributed by atoms with E-state index in [1.165, 1.54) is 6.42 Å². The lowest BCUT2D eigenvalue weighted by Gasteiger charge is -2.37. The van der Waals surface area contributed by atoms with Crippen LogP contribution in [0.5, 0.6) is 5.75 Å². The fraction of sp³-hybridized carbons (Fsp3) is 0.632. The smallest absolute Gasteiger partial charge is 0.193 e. The van der Waals surface area contributed by atoms with Crippen LogP contribution in [0.3, 0.4) is 0 Å². The molecule has 1 aromatic carbocycles. The number of nitrogens with one attached hydrogen (secondary N) is 1. The molecule has 0 bridgehead atoms. The second kappa shape index (κ2) is 8.27. The maximum atomic E-state index is 10.0. The van der Waals surface area contributed by atoms with E-state index in [2.05, 4.69) is 40.9 Å². The molecule has 0 aliphatic carbocycles. The summed E-state index contributed by atoms with van der Waals surface area (Å²) in [6.07, 6.45) is 2.36. The summed E-state index contributed by atoms with van der Waals surface area (Å²) in [5, 5.41) is 13.5. The van der Waals surface area contributed by atoms with Crippen molar-refractivity contribution in [3.8, 4) is 5.75 Å². The van der Waals surface area contributed by atoms with Gasteiger partial charge in [0, 0.05) is 39.8 Å². The summed E-state index contributed by atoms with van der Waals surface area (Å²) in [5.74, 6) is 1.34. The van der Waals surface area contributed by atoms with Crippen molar-refractivity contribution in [2.24, 2.45) is 10.4 Å². The van der Waals surface area contributed by atoms with Gasteiger partial charge in [0.2, 0.25) is 0 Å². The van der Waals surface area contributed by atoms with E-state index in [1.54, 1.807) is 6.07 Å². The number of nitrogens with zero attached hydrogens (tertiary/aromatic N) is 3. The Morgan fingerprint density at radius 1 is 1.17 bits per heavy atom. The van der Waals surface area contributed by atoms with Crippen LogP contribution in [0.4, 0.5) is 5.69 Å². The number of phenolic OH excluding ortho intramolecular Hbond substituents is 1. The van der Waals surface area contributed by atoms with Crippen molar-refractivity contribution < 1.29 is 5.11 Å². The van der Waals surface area contributed by atoms with Crippen molar-refractivity contribution in [2.45, 2.75) is 33.6 Å². The van der Waals surface area contributed by atoms with Crippen LogP contribution in [-0.2, 0) is 0 Å². The summed E-state index contributed by atoms with van der Waals surface area (Å²) in [4.78, 5) is 8.96. The third-order valence-electron chi connectivity index (χ3n) is 4.40. The molecular formula is C19H32N4O. The molecule has 1 aliphatic heterocycles. The summed E-state index contributed by atoms with van der Waals surface area (Å²) in [6.45, 7) is 11.4.